The highest BCUT2D eigenvalue weighted by molar-refractivity contribution is 7.19. The highest BCUT2D eigenvalue weighted by Crippen LogP contribution is 2.45. The van der Waals surface area contributed by atoms with Crippen LogP contribution < -0.4 is 4.48 Å². The molecule has 0 aliphatic carbocycles. The van der Waals surface area contributed by atoms with Crippen LogP contribution in [-0.2, 0) is 0 Å². The van der Waals surface area contributed by atoms with Gasteiger partial charge in [0.2, 0.25) is 10.9 Å². The molecule has 0 atom stereocenters. The number of amides is 1. The first-order chi connectivity index (χ1) is 12.1. The van der Waals surface area contributed by atoms with Gasteiger partial charge in [-0.2, -0.15) is 5.26 Å². The number of thiazole rings is 1. The number of nitrogens with zero attached hydrogens (tertiary/aromatic N) is 3. The summed E-state index contributed by atoms with van der Waals surface area (Å²) in [6.07, 6.45) is 0. The van der Waals surface area contributed by atoms with E-state index in [1.165, 1.54) is 6.07 Å². The number of nitriles is 1. The number of carbonyl (C=O) groups excluding carboxylic acids is 1. The van der Waals surface area contributed by atoms with E-state index in [2.05, 4.69) is 0 Å². The summed E-state index contributed by atoms with van der Waals surface area (Å²) >= 11 is 1.14. The lowest BCUT2D eigenvalue weighted by Gasteiger charge is -2.34. The number of benzene rings is 2. The molecule has 25 heavy (non-hydrogen) atoms. The molecule has 5 rings (SSSR count). The Hall–Kier alpha value is -3.05. The lowest BCUT2D eigenvalue weighted by molar-refractivity contribution is -0.543. The smallest absolute Gasteiger partial charge is 0.389 e. The number of hydrogen-bond acceptors (Lipinski definition) is 3. The van der Waals surface area contributed by atoms with Crippen LogP contribution in [-0.4, -0.2) is 17.7 Å². The van der Waals surface area contributed by atoms with E-state index in [1.807, 2.05) is 6.07 Å². The van der Waals surface area contributed by atoms with E-state index < -0.39 is 12.9 Å². The van der Waals surface area contributed by atoms with Crippen LogP contribution in [0.5, 0.6) is 0 Å². The molecule has 4 nitrogen and oxygen atoms in total. The Morgan fingerprint density at radius 2 is 1.76 bits per heavy atom. The molecule has 120 valence electrons. The minimum atomic E-state index is -4.39. The molecule has 0 fully saturated rings. The molecule has 1 aromatic heterocycles. The molecule has 0 saturated carbocycles. The fourth-order valence-electron chi connectivity index (χ4n) is 3.59. The molecule has 2 aliphatic rings. The monoisotopic (exact) mass is 351 g/mol. The molecule has 0 N–H and O–H groups in total. The van der Waals surface area contributed by atoms with Crippen molar-refractivity contribution in [3.05, 3.63) is 64.7 Å². The highest BCUT2D eigenvalue weighted by atomic mass is 32.1. The Labute approximate surface area is 144 Å². The van der Waals surface area contributed by atoms with Crippen LogP contribution in [0.4, 0.5) is 8.63 Å². The summed E-state index contributed by atoms with van der Waals surface area (Å²) in [4.78, 5) is 13.2. The summed E-state index contributed by atoms with van der Waals surface area (Å²) in [7, 11) is 0. The molecule has 0 saturated heterocycles. The third kappa shape index (κ3) is 1.58. The second kappa shape index (κ2) is 4.52. The topological polar surface area (TPSA) is 48.0 Å². The van der Waals surface area contributed by atoms with Gasteiger partial charge in [0.05, 0.1) is 4.70 Å². The zero-order chi connectivity index (χ0) is 17.3. The summed E-state index contributed by atoms with van der Waals surface area (Å²) in [5, 5.41) is 9.89. The maximum Gasteiger partial charge on any atom is 0.741 e. The molecule has 0 bridgehead atoms. The Bertz CT molecular complexity index is 1180. The molecule has 0 unspecified atom stereocenters. The number of rotatable bonds is 0. The Morgan fingerprint density at radius 3 is 2.52 bits per heavy atom. The molecule has 2 aromatic carbocycles. The average Bonchev–Trinajstić information content (AvgIpc) is 3.14. The Morgan fingerprint density at radius 1 is 1.08 bits per heavy atom. The lowest BCUT2D eigenvalue weighted by atomic mass is 9.87. The van der Waals surface area contributed by atoms with Gasteiger partial charge in [-0.3, -0.25) is 4.79 Å². The largest absolute Gasteiger partial charge is 0.741 e. The van der Waals surface area contributed by atoms with Crippen LogP contribution in [0.2, 0.25) is 0 Å². The van der Waals surface area contributed by atoms with Crippen LogP contribution >= 0.6 is 11.3 Å². The number of halogens is 2. The molecule has 3 heterocycles. The van der Waals surface area contributed by atoms with Gasteiger partial charge in [-0.15, -0.1) is 0 Å². The summed E-state index contributed by atoms with van der Waals surface area (Å²) in [6, 6.07) is 15.2. The van der Waals surface area contributed by atoms with Gasteiger partial charge >= 0.3 is 6.97 Å². The van der Waals surface area contributed by atoms with Crippen molar-refractivity contribution >= 4 is 45.7 Å². The van der Waals surface area contributed by atoms with Crippen molar-refractivity contribution < 1.29 is 17.9 Å². The van der Waals surface area contributed by atoms with Crippen LogP contribution in [0.1, 0.15) is 20.9 Å². The number of para-hydroxylation sites is 1. The molecule has 0 radical (unpaired) electrons. The number of fused-ring (bicyclic) bond motifs is 6. The SMILES string of the molecule is N#CC1=C2c3ccccc3C(=O)N2[B-](F)(F)[n+]2c1sc1ccccc12. The summed E-state index contributed by atoms with van der Waals surface area (Å²) in [6.45, 7) is -4.39. The third-order valence-electron chi connectivity index (χ3n) is 4.61. The number of hydrogen-bond donors (Lipinski definition) is 0. The average molecular weight is 351 g/mol. The quantitative estimate of drug-likeness (QED) is 0.584. The maximum absolute atomic E-state index is 15.4. The zero-order valence-electron chi connectivity index (χ0n) is 12.6. The van der Waals surface area contributed by atoms with Crippen molar-refractivity contribution in [3.63, 3.8) is 0 Å². The van der Waals surface area contributed by atoms with Crippen LogP contribution in [0, 0.1) is 11.3 Å². The number of aromatic nitrogens is 1. The van der Waals surface area contributed by atoms with E-state index in [-0.39, 0.29) is 21.8 Å². The van der Waals surface area contributed by atoms with Crippen LogP contribution in [0.25, 0.3) is 21.5 Å². The molecule has 8 heteroatoms. The molecular formula is C17H8BF2N3OS. The van der Waals surface area contributed by atoms with E-state index in [1.54, 1.807) is 42.5 Å². The predicted molar refractivity (Wildman–Crippen MR) is 90.4 cm³/mol. The van der Waals surface area contributed by atoms with E-state index in [9.17, 15) is 10.1 Å². The van der Waals surface area contributed by atoms with Gasteiger partial charge in [0.15, 0.2) is 11.1 Å². The van der Waals surface area contributed by atoms with Gasteiger partial charge in [-0.1, -0.05) is 41.7 Å². The molecule has 0 spiro atoms. The molecule has 3 aromatic rings. The van der Waals surface area contributed by atoms with E-state index >= 15 is 8.63 Å². The Kier molecular flexibility index (Phi) is 2.59. The van der Waals surface area contributed by atoms with E-state index in [0.29, 0.717) is 20.6 Å². The van der Waals surface area contributed by atoms with E-state index in [4.69, 9.17) is 0 Å². The second-order valence-corrected chi connectivity index (χ2v) is 6.92. The first-order valence-corrected chi connectivity index (χ1v) is 8.40. The van der Waals surface area contributed by atoms with Gasteiger partial charge in [-0.25, -0.2) is 0 Å². The zero-order valence-corrected chi connectivity index (χ0v) is 13.4. The van der Waals surface area contributed by atoms with Gasteiger partial charge in [-0.05, 0) is 12.1 Å². The van der Waals surface area contributed by atoms with Gasteiger partial charge in [0, 0.05) is 22.9 Å². The first-order valence-electron chi connectivity index (χ1n) is 7.59. The number of allylic oxidation sites excluding steroid dienone is 1. The van der Waals surface area contributed by atoms with Crippen molar-refractivity contribution in [3.8, 4) is 6.07 Å². The van der Waals surface area contributed by atoms with Gasteiger partial charge < -0.3 is 17.9 Å². The fraction of sp³-hybridized carbons (Fsp3) is 0. The van der Waals surface area contributed by atoms with Crippen LogP contribution in [0.3, 0.4) is 0 Å². The third-order valence-corrected chi connectivity index (χ3v) is 5.77. The maximum atomic E-state index is 15.4. The Balaban J connectivity index is 1.97. The van der Waals surface area contributed by atoms with Gasteiger partial charge in [0.1, 0.15) is 6.07 Å². The summed E-state index contributed by atoms with van der Waals surface area (Å²) in [5.41, 5.74) is 1.02. The number of carbonyl (C=O) groups is 1. The second-order valence-electron chi connectivity index (χ2n) is 5.89. The highest BCUT2D eigenvalue weighted by Gasteiger charge is 2.61. The minimum Gasteiger partial charge on any atom is -0.389 e. The predicted octanol–water partition coefficient (Wildman–Crippen LogP) is 3.27. The van der Waals surface area contributed by atoms with Crippen molar-refractivity contribution in [1.82, 2.24) is 4.81 Å². The first kappa shape index (κ1) is 14.3. The van der Waals surface area contributed by atoms with Crippen molar-refractivity contribution in [2.24, 2.45) is 0 Å². The molecule has 2 aliphatic heterocycles. The standard InChI is InChI=1S/C17H8BF2N3OS/c19-18(20)22-13-7-3-4-8-14(13)25-17(22)12(9-21)15-10-5-1-2-6-11(10)16(24)23(15)18/h1-8H. The van der Waals surface area contributed by atoms with Crippen molar-refractivity contribution in [2.45, 2.75) is 0 Å². The van der Waals surface area contributed by atoms with E-state index in [0.717, 1.165) is 15.8 Å². The summed E-state index contributed by atoms with van der Waals surface area (Å²) < 4.78 is 32.4. The van der Waals surface area contributed by atoms with Crippen LogP contribution in [0.15, 0.2) is 48.5 Å². The fourth-order valence-corrected chi connectivity index (χ4v) is 4.79. The summed E-state index contributed by atoms with van der Waals surface area (Å²) in [5.74, 6) is -0.767. The molecular weight excluding hydrogens is 343 g/mol. The lowest BCUT2D eigenvalue weighted by Crippen LogP contribution is -2.71. The van der Waals surface area contributed by atoms with Crippen molar-refractivity contribution in [2.75, 3.05) is 0 Å². The van der Waals surface area contributed by atoms with Crippen molar-refractivity contribution in [1.29, 1.82) is 5.26 Å². The normalized spacial score (nSPS) is 17.3. The molecule has 1 amide bonds. The van der Waals surface area contributed by atoms with Gasteiger partial charge in [0.25, 0.3) is 0 Å². The minimum absolute atomic E-state index is 0.0136.